The van der Waals surface area contributed by atoms with Gasteiger partial charge in [-0.05, 0) is 45.5 Å². The molecule has 1 atom stereocenters. The average Bonchev–Trinajstić information content (AvgIpc) is 2.36. The standard InChI is InChI=1S/C16H28N4/c1-12(2)10-15(20(4)5)11-18-16(17)19-14-8-6-13(3)7-9-14/h6-9,12,15H,10-11H2,1-5H3,(H3,17,18,19). The van der Waals surface area contributed by atoms with Gasteiger partial charge in [-0.15, -0.1) is 0 Å². The number of nitrogens with zero attached hydrogens (tertiary/aromatic N) is 2. The van der Waals surface area contributed by atoms with E-state index < -0.39 is 0 Å². The second kappa shape index (κ2) is 7.90. The molecule has 0 aliphatic carbocycles. The van der Waals surface area contributed by atoms with Crippen molar-refractivity contribution >= 4 is 11.6 Å². The van der Waals surface area contributed by atoms with Crippen LogP contribution in [0.2, 0.25) is 0 Å². The van der Waals surface area contributed by atoms with Crippen LogP contribution in [0.5, 0.6) is 0 Å². The summed E-state index contributed by atoms with van der Waals surface area (Å²) in [4.78, 5) is 6.67. The molecule has 4 heteroatoms. The maximum atomic E-state index is 5.94. The first-order valence-corrected chi connectivity index (χ1v) is 7.18. The molecule has 3 N–H and O–H groups in total. The van der Waals surface area contributed by atoms with Gasteiger partial charge >= 0.3 is 0 Å². The number of nitrogens with two attached hydrogens (primary N) is 1. The van der Waals surface area contributed by atoms with E-state index in [0.29, 0.717) is 17.9 Å². The van der Waals surface area contributed by atoms with E-state index in [1.54, 1.807) is 0 Å². The van der Waals surface area contributed by atoms with Crippen molar-refractivity contribution in [3.05, 3.63) is 29.8 Å². The van der Waals surface area contributed by atoms with Crippen molar-refractivity contribution in [3.63, 3.8) is 0 Å². The molecule has 1 unspecified atom stereocenters. The molecule has 0 saturated carbocycles. The highest BCUT2D eigenvalue weighted by Crippen LogP contribution is 2.10. The lowest BCUT2D eigenvalue weighted by Gasteiger charge is -2.24. The summed E-state index contributed by atoms with van der Waals surface area (Å²) < 4.78 is 0. The van der Waals surface area contributed by atoms with E-state index in [1.165, 1.54) is 5.56 Å². The molecule has 0 fully saturated rings. The zero-order valence-corrected chi connectivity index (χ0v) is 13.4. The van der Waals surface area contributed by atoms with E-state index in [0.717, 1.165) is 18.7 Å². The van der Waals surface area contributed by atoms with Crippen molar-refractivity contribution in [1.82, 2.24) is 4.90 Å². The molecule has 0 bridgehead atoms. The van der Waals surface area contributed by atoms with Crippen LogP contribution in [-0.2, 0) is 0 Å². The van der Waals surface area contributed by atoms with E-state index in [4.69, 9.17) is 5.73 Å². The number of anilines is 1. The van der Waals surface area contributed by atoms with Crippen molar-refractivity contribution in [1.29, 1.82) is 0 Å². The summed E-state index contributed by atoms with van der Waals surface area (Å²) in [6.45, 7) is 7.24. The van der Waals surface area contributed by atoms with Gasteiger partial charge in [-0.3, -0.25) is 4.99 Å². The smallest absolute Gasteiger partial charge is 0.193 e. The molecule has 0 radical (unpaired) electrons. The molecular formula is C16H28N4. The second-order valence-electron chi connectivity index (χ2n) is 5.96. The predicted molar refractivity (Wildman–Crippen MR) is 88.2 cm³/mol. The van der Waals surface area contributed by atoms with Crippen LogP contribution in [0.1, 0.15) is 25.8 Å². The van der Waals surface area contributed by atoms with Gasteiger partial charge in [-0.2, -0.15) is 0 Å². The van der Waals surface area contributed by atoms with Crippen molar-refractivity contribution in [2.75, 3.05) is 26.0 Å². The van der Waals surface area contributed by atoms with Gasteiger partial charge in [0.15, 0.2) is 5.96 Å². The Morgan fingerprint density at radius 3 is 2.35 bits per heavy atom. The molecule has 0 saturated heterocycles. The Morgan fingerprint density at radius 1 is 1.25 bits per heavy atom. The molecule has 1 aromatic carbocycles. The van der Waals surface area contributed by atoms with E-state index in [9.17, 15) is 0 Å². The molecule has 0 amide bonds. The fraction of sp³-hybridized carbons (Fsp3) is 0.562. The van der Waals surface area contributed by atoms with Gasteiger partial charge in [0.05, 0.1) is 6.54 Å². The van der Waals surface area contributed by atoms with Gasteiger partial charge in [0.1, 0.15) is 0 Å². The van der Waals surface area contributed by atoms with Crippen LogP contribution in [0, 0.1) is 12.8 Å². The molecule has 0 aromatic heterocycles. The second-order valence-corrected chi connectivity index (χ2v) is 5.96. The number of aliphatic imine (C=N–C) groups is 1. The number of hydrogen-bond acceptors (Lipinski definition) is 2. The van der Waals surface area contributed by atoms with Gasteiger partial charge < -0.3 is 16.0 Å². The third kappa shape index (κ3) is 6.06. The summed E-state index contributed by atoms with van der Waals surface area (Å²) in [7, 11) is 4.18. The van der Waals surface area contributed by atoms with E-state index >= 15 is 0 Å². The molecule has 0 aliphatic rings. The Labute approximate surface area is 123 Å². The molecule has 4 nitrogen and oxygen atoms in total. The lowest BCUT2D eigenvalue weighted by molar-refractivity contribution is 0.261. The maximum absolute atomic E-state index is 5.94. The lowest BCUT2D eigenvalue weighted by Crippen LogP contribution is -2.34. The van der Waals surface area contributed by atoms with Gasteiger partial charge in [0.25, 0.3) is 0 Å². The van der Waals surface area contributed by atoms with Gasteiger partial charge in [-0.1, -0.05) is 31.5 Å². The van der Waals surface area contributed by atoms with Crippen LogP contribution in [0.4, 0.5) is 5.69 Å². The SMILES string of the molecule is Cc1ccc(NC(N)=NCC(CC(C)C)N(C)C)cc1. The van der Waals surface area contributed by atoms with Crippen molar-refractivity contribution < 1.29 is 0 Å². The predicted octanol–water partition coefficient (Wildman–Crippen LogP) is 2.70. The highest BCUT2D eigenvalue weighted by Gasteiger charge is 2.12. The van der Waals surface area contributed by atoms with Crippen LogP contribution in [-0.4, -0.2) is 37.5 Å². The fourth-order valence-electron chi connectivity index (χ4n) is 2.02. The average molecular weight is 276 g/mol. The van der Waals surface area contributed by atoms with Gasteiger partial charge in [0.2, 0.25) is 0 Å². The molecule has 0 heterocycles. The summed E-state index contributed by atoms with van der Waals surface area (Å²) in [6, 6.07) is 8.55. The third-order valence-electron chi connectivity index (χ3n) is 3.27. The molecule has 20 heavy (non-hydrogen) atoms. The molecule has 1 rings (SSSR count). The summed E-state index contributed by atoms with van der Waals surface area (Å²) in [5.74, 6) is 1.13. The molecule has 0 aliphatic heterocycles. The van der Waals surface area contributed by atoms with Crippen LogP contribution in [0.3, 0.4) is 0 Å². The van der Waals surface area contributed by atoms with Crippen molar-refractivity contribution in [2.45, 2.75) is 33.2 Å². The minimum Gasteiger partial charge on any atom is -0.370 e. The van der Waals surface area contributed by atoms with Gasteiger partial charge in [0, 0.05) is 11.7 Å². The van der Waals surface area contributed by atoms with E-state index in [2.05, 4.69) is 62.2 Å². The van der Waals surface area contributed by atoms with E-state index in [1.807, 2.05) is 12.1 Å². The van der Waals surface area contributed by atoms with Crippen molar-refractivity contribution in [2.24, 2.45) is 16.6 Å². The monoisotopic (exact) mass is 276 g/mol. The Morgan fingerprint density at radius 2 is 1.85 bits per heavy atom. The minimum atomic E-state index is 0.424. The van der Waals surface area contributed by atoms with Gasteiger partial charge in [-0.25, -0.2) is 0 Å². The molecule has 112 valence electrons. The first-order valence-electron chi connectivity index (χ1n) is 7.18. The Hall–Kier alpha value is -1.55. The van der Waals surface area contributed by atoms with Crippen LogP contribution in [0.25, 0.3) is 0 Å². The number of nitrogens with one attached hydrogen (secondary N) is 1. The number of aryl methyl sites for hydroxylation is 1. The Bertz CT molecular complexity index is 421. The molecular weight excluding hydrogens is 248 g/mol. The number of guanidine groups is 1. The quantitative estimate of drug-likeness (QED) is 0.620. The van der Waals surface area contributed by atoms with Crippen LogP contribution >= 0.6 is 0 Å². The zero-order valence-electron chi connectivity index (χ0n) is 13.4. The molecule has 0 spiro atoms. The fourth-order valence-corrected chi connectivity index (χ4v) is 2.02. The third-order valence-corrected chi connectivity index (χ3v) is 3.27. The minimum absolute atomic E-state index is 0.424. The topological polar surface area (TPSA) is 53.6 Å². The number of rotatable bonds is 6. The van der Waals surface area contributed by atoms with Crippen molar-refractivity contribution in [3.8, 4) is 0 Å². The van der Waals surface area contributed by atoms with Crippen LogP contribution < -0.4 is 11.1 Å². The maximum Gasteiger partial charge on any atom is 0.193 e. The Balaban J connectivity index is 2.56. The molecule has 1 aromatic rings. The first-order chi connectivity index (χ1) is 9.38. The zero-order chi connectivity index (χ0) is 15.1. The summed E-state index contributed by atoms with van der Waals surface area (Å²) in [6.07, 6.45) is 1.12. The number of hydrogen-bond donors (Lipinski definition) is 2. The highest BCUT2D eigenvalue weighted by molar-refractivity contribution is 5.92. The lowest BCUT2D eigenvalue weighted by atomic mass is 10.0. The van der Waals surface area contributed by atoms with E-state index in [-0.39, 0.29) is 0 Å². The summed E-state index contributed by atoms with van der Waals surface area (Å²) in [5, 5.41) is 3.13. The highest BCUT2D eigenvalue weighted by atomic mass is 15.1. The summed E-state index contributed by atoms with van der Waals surface area (Å²) >= 11 is 0. The normalized spacial score (nSPS) is 13.8. The first kappa shape index (κ1) is 16.5. The summed E-state index contributed by atoms with van der Waals surface area (Å²) in [5.41, 5.74) is 8.15. The van der Waals surface area contributed by atoms with Crippen LogP contribution in [0.15, 0.2) is 29.3 Å². The number of benzene rings is 1. The Kier molecular flexibility index (Phi) is 6.52. The largest absolute Gasteiger partial charge is 0.370 e. The number of likely N-dealkylation sites (N-methyl/N-ethyl adjacent to an activating group) is 1.